The van der Waals surface area contributed by atoms with E-state index in [1.807, 2.05) is 67.3 Å². The van der Waals surface area contributed by atoms with Crippen molar-refractivity contribution in [3.05, 3.63) is 65.4 Å². The van der Waals surface area contributed by atoms with E-state index in [2.05, 4.69) is 26.1 Å². The number of anilines is 2. The molecule has 35 heavy (non-hydrogen) atoms. The second-order valence-electron chi connectivity index (χ2n) is 10.8. The van der Waals surface area contributed by atoms with Crippen molar-refractivity contribution in [2.45, 2.75) is 85.3 Å². The zero-order valence-corrected chi connectivity index (χ0v) is 21.7. The Labute approximate surface area is 209 Å². The van der Waals surface area contributed by atoms with Crippen molar-refractivity contribution >= 4 is 23.1 Å². The monoisotopic (exact) mass is 474 g/mol. The van der Waals surface area contributed by atoms with Gasteiger partial charge in [0.2, 0.25) is 5.91 Å². The average Bonchev–Trinajstić information content (AvgIpc) is 2.93. The number of hydrogen-bond acceptors (Lipinski definition) is 4. The fraction of sp³-hybridized carbons (Fsp3) is 0.467. The smallest absolute Gasteiger partial charge is 0.227 e. The van der Waals surface area contributed by atoms with Crippen LogP contribution in [0, 0.1) is 5.41 Å². The number of amides is 1. The molecular formula is C30H38N2O3. The Morgan fingerprint density at radius 3 is 2.49 bits per heavy atom. The number of nitrogens with zero attached hydrogens (tertiary/aromatic N) is 1. The Morgan fingerprint density at radius 2 is 1.80 bits per heavy atom. The van der Waals surface area contributed by atoms with Gasteiger partial charge in [-0.25, -0.2) is 0 Å². The summed E-state index contributed by atoms with van der Waals surface area (Å²) < 4.78 is 5.86. The molecule has 5 heteroatoms. The number of rotatable bonds is 7. The number of unbranched alkanes of at least 4 members (excludes halogenated alkanes) is 2. The van der Waals surface area contributed by atoms with Gasteiger partial charge in [-0.1, -0.05) is 57.9 Å². The highest BCUT2D eigenvalue weighted by Crippen LogP contribution is 2.48. The third-order valence-electron chi connectivity index (χ3n) is 6.73. The average molecular weight is 475 g/mol. The van der Waals surface area contributed by atoms with Crippen LogP contribution in [0.5, 0.6) is 5.75 Å². The van der Waals surface area contributed by atoms with Crippen molar-refractivity contribution in [1.82, 2.24) is 0 Å². The number of fused-ring (bicyclic) bond motifs is 1. The molecule has 1 aliphatic carbocycles. The van der Waals surface area contributed by atoms with E-state index in [0.717, 1.165) is 54.1 Å². The van der Waals surface area contributed by atoms with Crippen molar-refractivity contribution in [3.8, 4) is 5.75 Å². The molecule has 1 amide bonds. The first-order chi connectivity index (χ1) is 16.7. The number of ketones is 1. The topological polar surface area (TPSA) is 58.6 Å². The lowest BCUT2D eigenvalue weighted by Crippen LogP contribution is -2.39. The Morgan fingerprint density at radius 1 is 1.09 bits per heavy atom. The van der Waals surface area contributed by atoms with Gasteiger partial charge < -0.3 is 10.1 Å². The maximum Gasteiger partial charge on any atom is 0.227 e. The molecule has 186 valence electrons. The van der Waals surface area contributed by atoms with Gasteiger partial charge in [0.25, 0.3) is 0 Å². The van der Waals surface area contributed by atoms with Crippen molar-refractivity contribution < 1.29 is 14.3 Å². The Hall–Kier alpha value is -3.08. The number of nitrogens with one attached hydrogen (secondary N) is 1. The van der Waals surface area contributed by atoms with Crippen LogP contribution in [0.15, 0.2) is 59.8 Å². The standard InChI is InChI=1S/C30H38N2O3/c1-6-7-8-13-27(34)32-25-12-10-9-11-23(25)31-24-18-30(4,5)19-26(33)28(24)29(32)21-14-16-22(17-15-21)35-20(2)3/h9-12,14-17,20,29,31H,6-8,13,18-19H2,1-5H3/t29-/m0/s1. The molecule has 5 nitrogen and oxygen atoms in total. The molecular weight excluding hydrogens is 436 g/mol. The minimum Gasteiger partial charge on any atom is -0.491 e. The second-order valence-corrected chi connectivity index (χ2v) is 10.8. The molecule has 2 aromatic rings. The van der Waals surface area contributed by atoms with Crippen LogP contribution in [0.1, 0.15) is 84.7 Å². The number of para-hydroxylation sites is 2. The van der Waals surface area contributed by atoms with Gasteiger partial charge in [0.05, 0.1) is 23.5 Å². The first-order valence-corrected chi connectivity index (χ1v) is 12.9. The van der Waals surface area contributed by atoms with E-state index in [0.29, 0.717) is 18.4 Å². The van der Waals surface area contributed by atoms with Crippen molar-refractivity contribution in [3.63, 3.8) is 0 Å². The third-order valence-corrected chi connectivity index (χ3v) is 6.73. The summed E-state index contributed by atoms with van der Waals surface area (Å²) in [7, 11) is 0. The number of benzene rings is 2. The normalized spacial score (nSPS) is 19.1. The van der Waals surface area contributed by atoms with Crippen molar-refractivity contribution in [2.75, 3.05) is 10.2 Å². The summed E-state index contributed by atoms with van der Waals surface area (Å²) in [5.74, 6) is 0.934. The lowest BCUT2D eigenvalue weighted by molar-refractivity contribution is -0.119. The molecule has 0 saturated carbocycles. The molecule has 0 unspecified atom stereocenters. The van der Waals surface area contributed by atoms with Gasteiger partial charge in [-0.15, -0.1) is 0 Å². The summed E-state index contributed by atoms with van der Waals surface area (Å²) in [5.41, 5.74) is 4.11. The molecule has 0 radical (unpaired) electrons. The minimum atomic E-state index is -0.480. The Bertz CT molecular complexity index is 1110. The Kier molecular flexibility index (Phi) is 7.34. The van der Waals surface area contributed by atoms with Crippen LogP contribution in [0.25, 0.3) is 0 Å². The SMILES string of the molecule is CCCCCC(=O)N1c2ccccc2NC2=C(C(=O)CC(C)(C)C2)[C@@H]1c1ccc(OC(C)C)cc1. The third kappa shape index (κ3) is 5.44. The maximum absolute atomic E-state index is 13.8. The van der Waals surface area contributed by atoms with Gasteiger partial charge >= 0.3 is 0 Å². The summed E-state index contributed by atoms with van der Waals surface area (Å²) in [6, 6.07) is 15.3. The summed E-state index contributed by atoms with van der Waals surface area (Å²) in [6.45, 7) is 10.4. The summed E-state index contributed by atoms with van der Waals surface area (Å²) in [6.07, 6.45) is 4.64. The van der Waals surface area contributed by atoms with E-state index in [1.54, 1.807) is 0 Å². The van der Waals surface area contributed by atoms with Crippen LogP contribution < -0.4 is 15.0 Å². The van der Waals surface area contributed by atoms with Gasteiger partial charge in [-0.05, 0) is 61.9 Å². The van der Waals surface area contributed by atoms with Crippen molar-refractivity contribution in [1.29, 1.82) is 0 Å². The molecule has 1 atom stereocenters. The molecule has 0 saturated heterocycles. The fourth-order valence-corrected chi connectivity index (χ4v) is 5.23. The fourth-order valence-electron chi connectivity index (χ4n) is 5.23. The van der Waals surface area contributed by atoms with Crippen LogP contribution in [-0.4, -0.2) is 17.8 Å². The lowest BCUT2D eigenvalue weighted by atomic mass is 9.73. The predicted molar refractivity (Wildman–Crippen MR) is 142 cm³/mol. The number of carbonyl (C=O) groups excluding carboxylic acids is 2. The van der Waals surface area contributed by atoms with E-state index >= 15 is 0 Å². The Balaban J connectivity index is 1.88. The van der Waals surface area contributed by atoms with Gasteiger partial charge in [0.1, 0.15) is 5.75 Å². The number of allylic oxidation sites excluding steroid dienone is 1. The molecule has 4 rings (SSSR count). The summed E-state index contributed by atoms with van der Waals surface area (Å²) >= 11 is 0. The first kappa shape index (κ1) is 25.0. The zero-order chi connectivity index (χ0) is 25.2. The highest BCUT2D eigenvalue weighted by atomic mass is 16.5. The van der Waals surface area contributed by atoms with Crippen molar-refractivity contribution in [2.24, 2.45) is 5.41 Å². The summed E-state index contributed by atoms with van der Waals surface area (Å²) in [5, 5.41) is 3.58. The van der Waals surface area contributed by atoms with E-state index in [-0.39, 0.29) is 23.2 Å². The molecule has 0 spiro atoms. The van der Waals surface area contributed by atoms with Gasteiger partial charge in [-0.3, -0.25) is 14.5 Å². The van der Waals surface area contributed by atoms with E-state index in [9.17, 15) is 9.59 Å². The highest BCUT2D eigenvalue weighted by Gasteiger charge is 2.43. The zero-order valence-electron chi connectivity index (χ0n) is 21.7. The van der Waals surface area contributed by atoms with Gasteiger partial charge in [0, 0.05) is 24.1 Å². The van der Waals surface area contributed by atoms with Gasteiger partial charge in [-0.2, -0.15) is 0 Å². The molecule has 2 aromatic carbocycles. The minimum absolute atomic E-state index is 0.0478. The molecule has 1 N–H and O–H groups in total. The van der Waals surface area contributed by atoms with E-state index in [1.165, 1.54) is 0 Å². The molecule has 1 heterocycles. The van der Waals surface area contributed by atoms with Crippen LogP contribution in [0.2, 0.25) is 0 Å². The lowest BCUT2D eigenvalue weighted by Gasteiger charge is -2.37. The molecule has 0 fully saturated rings. The first-order valence-electron chi connectivity index (χ1n) is 12.9. The van der Waals surface area contributed by atoms with Crippen LogP contribution >= 0.6 is 0 Å². The molecule has 0 aromatic heterocycles. The van der Waals surface area contributed by atoms with Crippen LogP contribution in [0.4, 0.5) is 11.4 Å². The highest BCUT2D eigenvalue weighted by molar-refractivity contribution is 6.06. The predicted octanol–water partition coefficient (Wildman–Crippen LogP) is 7.20. The quantitative estimate of drug-likeness (QED) is 0.431. The number of Topliss-reactive ketones (excluding diaryl/α,β-unsaturated/α-hetero) is 1. The van der Waals surface area contributed by atoms with Gasteiger partial charge in [0.15, 0.2) is 5.78 Å². The number of hydrogen-bond donors (Lipinski definition) is 1. The number of ether oxygens (including phenoxy) is 1. The maximum atomic E-state index is 13.8. The second kappa shape index (κ2) is 10.3. The van der Waals surface area contributed by atoms with Crippen LogP contribution in [-0.2, 0) is 9.59 Å². The largest absolute Gasteiger partial charge is 0.491 e. The van der Waals surface area contributed by atoms with E-state index < -0.39 is 6.04 Å². The molecule has 1 aliphatic heterocycles. The molecule has 0 bridgehead atoms. The summed E-state index contributed by atoms with van der Waals surface area (Å²) in [4.78, 5) is 29.4. The number of carbonyl (C=O) groups is 2. The van der Waals surface area contributed by atoms with E-state index in [4.69, 9.17) is 4.74 Å². The van der Waals surface area contributed by atoms with Crippen LogP contribution in [0.3, 0.4) is 0 Å². The molecule has 2 aliphatic rings.